The van der Waals surface area contributed by atoms with E-state index in [1.165, 1.54) is 0 Å². The van der Waals surface area contributed by atoms with Crippen molar-refractivity contribution in [3.8, 4) is 5.75 Å². The van der Waals surface area contributed by atoms with Gasteiger partial charge in [0.05, 0.1) is 5.69 Å². The maximum atomic E-state index is 12.7. The highest BCUT2D eigenvalue weighted by atomic mass is 19.3. The summed E-state index contributed by atoms with van der Waals surface area (Å²) in [6.45, 7) is 2.43. The molecule has 0 spiro atoms. The largest absolute Gasteiger partial charge is 0.433 e. The molecule has 1 fully saturated rings. The molecular formula is C21H30F2N6O. The summed E-state index contributed by atoms with van der Waals surface area (Å²) in [5.41, 5.74) is 0.694. The van der Waals surface area contributed by atoms with E-state index < -0.39 is 6.61 Å². The molecule has 1 aliphatic rings. The Morgan fingerprint density at radius 1 is 1.33 bits per heavy atom. The summed E-state index contributed by atoms with van der Waals surface area (Å²) >= 11 is 0. The molecule has 0 amide bonds. The molecule has 1 aromatic heterocycles. The lowest BCUT2D eigenvalue weighted by Crippen LogP contribution is -2.44. The number of aliphatic imine (C=N–C) groups is 1. The van der Waals surface area contributed by atoms with Gasteiger partial charge in [-0.25, -0.2) is 4.98 Å². The van der Waals surface area contributed by atoms with Crippen LogP contribution in [0.4, 0.5) is 14.5 Å². The average molecular weight is 421 g/mol. The number of rotatable bonds is 9. The summed E-state index contributed by atoms with van der Waals surface area (Å²) < 4.78 is 32.2. The van der Waals surface area contributed by atoms with E-state index in [4.69, 9.17) is 0 Å². The molecule has 0 aliphatic carbocycles. The van der Waals surface area contributed by atoms with Gasteiger partial charge in [0.15, 0.2) is 5.96 Å². The van der Waals surface area contributed by atoms with Crippen LogP contribution in [-0.2, 0) is 6.54 Å². The Labute approximate surface area is 176 Å². The summed E-state index contributed by atoms with van der Waals surface area (Å²) in [5.74, 6) is 2.01. The summed E-state index contributed by atoms with van der Waals surface area (Å²) in [5, 5.41) is 6.79. The third kappa shape index (κ3) is 6.08. The fourth-order valence-corrected chi connectivity index (χ4v) is 3.65. The number of para-hydroxylation sites is 2. The molecule has 0 radical (unpaired) electrons. The molecule has 1 aromatic carbocycles. The number of anilines is 1. The molecule has 2 aromatic rings. The molecule has 164 valence electrons. The molecule has 0 bridgehead atoms. The average Bonchev–Trinajstić information content (AvgIpc) is 3.36. The van der Waals surface area contributed by atoms with Gasteiger partial charge in [-0.05, 0) is 38.3 Å². The molecule has 1 saturated heterocycles. The number of guanidine groups is 1. The summed E-state index contributed by atoms with van der Waals surface area (Å²) in [6.07, 6.45) is 6.79. The van der Waals surface area contributed by atoms with E-state index in [0.29, 0.717) is 12.2 Å². The molecule has 3 rings (SSSR count). The van der Waals surface area contributed by atoms with Gasteiger partial charge >= 0.3 is 6.61 Å². The van der Waals surface area contributed by atoms with E-state index >= 15 is 0 Å². The highest BCUT2D eigenvalue weighted by Crippen LogP contribution is 2.31. The lowest BCUT2D eigenvalue weighted by atomic mass is 10.2. The second kappa shape index (κ2) is 10.8. The molecule has 1 aliphatic heterocycles. The smallest absolute Gasteiger partial charge is 0.387 e. The van der Waals surface area contributed by atoms with Gasteiger partial charge in [-0.3, -0.25) is 4.99 Å². The van der Waals surface area contributed by atoms with E-state index in [0.717, 1.165) is 50.7 Å². The van der Waals surface area contributed by atoms with Crippen LogP contribution in [-0.4, -0.2) is 54.8 Å². The van der Waals surface area contributed by atoms with E-state index in [1.54, 1.807) is 19.2 Å². The Balaban J connectivity index is 1.42. The van der Waals surface area contributed by atoms with Crippen molar-refractivity contribution < 1.29 is 13.5 Å². The maximum absolute atomic E-state index is 12.7. The highest BCUT2D eigenvalue weighted by Gasteiger charge is 2.25. The number of aromatic nitrogens is 2. The monoisotopic (exact) mass is 420 g/mol. The number of alkyl halides is 2. The van der Waals surface area contributed by atoms with Gasteiger partial charge in [0.25, 0.3) is 0 Å². The van der Waals surface area contributed by atoms with E-state index in [-0.39, 0.29) is 11.8 Å². The van der Waals surface area contributed by atoms with Crippen molar-refractivity contribution in [3.05, 3.63) is 42.5 Å². The van der Waals surface area contributed by atoms with Gasteiger partial charge in [0.2, 0.25) is 0 Å². The Hall–Kier alpha value is -2.84. The van der Waals surface area contributed by atoms with Crippen molar-refractivity contribution in [1.29, 1.82) is 0 Å². The molecule has 1 unspecified atom stereocenters. The number of imidazole rings is 1. The first-order valence-electron chi connectivity index (χ1n) is 10.3. The number of aryl methyl sites for hydroxylation is 2. The molecule has 1 atom stereocenters. The second-order valence-corrected chi connectivity index (χ2v) is 7.30. The van der Waals surface area contributed by atoms with Crippen LogP contribution in [0.1, 0.15) is 25.1 Å². The molecule has 30 heavy (non-hydrogen) atoms. The summed E-state index contributed by atoms with van der Waals surface area (Å²) in [7, 11) is 1.75. The first-order chi connectivity index (χ1) is 14.6. The summed E-state index contributed by atoms with van der Waals surface area (Å²) in [6, 6.07) is 7.11. The van der Waals surface area contributed by atoms with Crippen molar-refractivity contribution in [1.82, 2.24) is 20.2 Å². The van der Waals surface area contributed by atoms with Gasteiger partial charge in [-0.2, -0.15) is 8.78 Å². The van der Waals surface area contributed by atoms with Crippen LogP contribution in [0.3, 0.4) is 0 Å². The van der Waals surface area contributed by atoms with Crippen LogP contribution in [0.2, 0.25) is 0 Å². The third-order valence-electron chi connectivity index (χ3n) is 5.22. The zero-order valence-electron chi connectivity index (χ0n) is 17.5. The molecule has 2 heterocycles. The molecule has 2 N–H and O–H groups in total. The lowest BCUT2D eigenvalue weighted by Gasteiger charge is -2.22. The molecular weight excluding hydrogens is 390 g/mol. The predicted molar refractivity (Wildman–Crippen MR) is 114 cm³/mol. The van der Waals surface area contributed by atoms with Crippen LogP contribution in [0.15, 0.2) is 41.7 Å². The number of hydrogen-bond donors (Lipinski definition) is 2. The van der Waals surface area contributed by atoms with Gasteiger partial charge in [0.1, 0.15) is 11.6 Å². The normalized spacial score (nSPS) is 16.9. The number of benzene rings is 1. The minimum Gasteiger partial charge on any atom is -0.433 e. The van der Waals surface area contributed by atoms with E-state index in [2.05, 4.69) is 34.8 Å². The second-order valence-electron chi connectivity index (χ2n) is 7.30. The highest BCUT2D eigenvalue weighted by molar-refractivity contribution is 5.80. The van der Waals surface area contributed by atoms with E-state index in [1.807, 2.05) is 31.5 Å². The van der Waals surface area contributed by atoms with Gasteiger partial charge in [0, 0.05) is 51.7 Å². The Morgan fingerprint density at radius 3 is 2.90 bits per heavy atom. The number of nitrogens with zero attached hydrogens (tertiary/aromatic N) is 4. The number of nitrogens with one attached hydrogen (secondary N) is 2. The van der Waals surface area contributed by atoms with Crippen LogP contribution in [0.5, 0.6) is 5.75 Å². The summed E-state index contributed by atoms with van der Waals surface area (Å²) in [4.78, 5) is 10.6. The van der Waals surface area contributed by atoms with Crippen LogP contribution < -0.4 is 20.3 Å². The van der Waals surface area contributed by atoms with Crippen molar-refractivity contribution in [2.75, 3.05) is 31.6 Å². The molecule has 9 heteroatoms. The number of ether oxygens (including phenoxy) is 1. The van der Waals surface area contributed by atoms with Crippen LogP contribution in [0.25, 0.3) is 0 Å². The predicted octanol–water partition coefficient (Wildman–Crippen LogP) is 3.02. The Bertz CT molecular complexity index is 825. The number of halogens is 2. The maximum Gasteiger partial charge on any atom is 0.387 e. The van der Waals surface area contributed by atoms with Gasteiger partial charge in [-0.1, -0.05) is 12.1 Å². The zero-order chi connectivity index (χ0) is 21.3. The van der Waals surface area contributed by atoms with Crippen molar-refractivity contribution >= 4 is 11.6 Å². The Kier molecular flexibility index (Phi) is 7.87. The quantitative estimate of drug-likeness (QED) is 0.371. The standard InChI is InChI=1S/C21H30F2N6O/c1-16-25-11-14-28(16)12-6-5-10-26-21(24-2)27-17-9-13-29(15-17)18-7-3-4-8-19(18)30-20(22)23/h3-4,7-8,11,14,17,20H,5-6,9-10,12-13,15H2,1-2H3,(H2,24,26,27). The van der Waals surface area contributed by atoms with E-state index in [9.17, 15) is 8.78 Å². The number of unbranched alkanes of at least 4 members (excludes halogenated alkanes) is 1. The SMILES string of the molecule is CN=C(NCCCCn1ccnc1C)NC1CCN(c2ccccc2OC(F)F)C1. The molecule has 7 nitrogen and oxygen atoms in total. The third-order valence-corrected chi connectivity index (χ3v) is 5.22. The van der Waals surface area contributed by atoms with Gasteiger partial charge in [-0.15, -0.1) is 0 Å². The van der Waals surface area contributed by atoms with Crippen molar-refractivity contribution in [2.45, 2.75) is 45.4 Å². The first kappa shape index (κ1) is 21.9. The van der Waals surface area contributed by atoms with Crippen LogP contribution >= 0.6 is 0 Å². The van der Waals surface area contributed by atoms with Gasteiger partial charge < -0.3 is 24.8 Å². The lowest BCUT2D eigenvalue weighted by molar-refractivity contribution is -0.0495. The topological polar surface area (TPSA) is 66.7 Å². The van der Waals surface area contributed by atoms with Crippen LogP contribution in [0, 0.1) is 6.92 Å². The Morgan fingerprint density at radius 2 is 2.17 bits per heavy atom. The minimum absolute atomic E-state index is 0.185. The first-order valence-corrected chi connectivity index (χ1v) is 10.3. The fourth-order valence-electron chi connectivity index (χ4n) is 3.65. The van der Waals surface area contributed by atoms with Crippen molar-refractivity contribution in [2.24, 2.45) is 4.99 Å². The number of hydrogen-bond acceptors (Lipinski definition) is 4. The zero-order valence-corrected chi connectivity index (χ0v) is 17.5. The fraction of sp³-hybridized carbons (Fsp3) is 0.524. The molecule has 0 saturated carbocycles. The minimum atomic E-state index is -2.83. The van der Waals surface area contributed by atoms with Crippen molar-refractivity contribution in [3.63, 3.8) is 0 Å².